The predicted molar refractivity (Wildman–Crippen MR) is 227 cm³/mol. The smallest absolute Gasteiger partial charge is 0.0719 e. The first-order valence-electron chi connectivity index (χ1n) is 18.7. The molecular formula is C53H37N. The van der Waals surface area contributed by atoms with Gasteiger partial charge in [-0.05, 0) is 91.2 Å². The topological polar surface area (TPSA) is 3.24 Å². The summed E-state index contributed by atoms with van der Waals surface area (Å²) in [4.78, 5) is 2.43. The lowest BCUT2D eigenvalue weighted by molar-refractivity contribution is 0.776. The number of hydrogen-bond acceptors (Lipinski definition) is 1. The molecule has 0 radical (unpaired) electrons. The number of anilines is 3. The van der Waals surface area contributed by atoms with E-state index in [9.17, 15) is 0 Å². The molecule has 1 unspecified atom stereocenters. The second-order valence-corrected chi connectivity index (χ2v) is 14.0. The van der Waals surface area contributed by atoms with Crippen LogP contribution in [0.25, 0.3) is 44.2 Å². The van der Waals surface area contributed by atoms with Gasteiger partial charge in [-0.15, -0.1) is 0 Å². The highest BCUT2D eigenvalue weighted by molar-refractivity contribution is 5.96. The van der Waals surface area contributed by atoms with E-state index in [0.29, 0.717) is 0 Å². The minimum Gasteiger partial charge on any atom is -0.310 e. The summed E-state index contributed by atoms with van der Waals surface area (Å²) >= 11 is 0. The lowest BCUT2D eigenvalue weighted by Gasteiger charge is -2.35. The summed E-state index contributed by atoms with van der Waals surface area (Å²) in [5.41, 5.74) is 15.3. The maximum Gasteiger partial charge on any atom is 0.0719 e. The Bertz CT molecular complexity index is 2750. The van der Waals surface area contributed by atoms with Gasteiger partial charge in [0.2, 0.25) is 0 Å². The SMILES string of the molecule is c1ccc(-c2ccc(N(c3ccc4c(c3)-c3ccccc3C4(c3ccccc3)c3cccc4ccccc34)c3ccccc3-c3ccccc3)cc2)cc1. The molecule has 0 aliphatic heterocycles. The molecule has 254 valence electrons. The number of fused-ring (bicyclic) bond motifs is 4. The van der Waals surface area contributed by atoms with E-state index in [1.165, 1.54) is 66.4 Å². The number of nitrogens with zero attached hydrogens (tertiary/aromatic N) is 1. The van der Waals surface area contributed by atoms with E-state index in [0.717, 1.165) is 17.1 Å². The Balaban J connectivity index is 1.23. The van der Waals surface area contributed by atoms with E-state index < -0.39 is 5.41 Å². The molecule has 0 fully saturated rings. The van der Waals surface area contributed by atoms with E-state index >= 15 is 0 Å². The summed E-state index contributed by atoms with van der Waals surface area (Å²) in [7, 11) is 0. The molecule has 0 aromatic heterocycles. The summed E-state index contributed by atoms with van der Waals surface area (Å²) in [5, 5.41) is 2.52. The third-order valence-corrected chi connectivity index (χ3v) is 11.1. The minimum absolute atomic E-state index is 0.503. The van der Waals surface area contributed by atoms with Crippen LogP contribution in [0.15, 0.2) is 224 Å². The molecule has 0 heterocycles. The van der Waals surface area contributed by atoms with Crippen molar-refractivity contribution in [1.82, 2.24) is 0 Å². The van der Waals surface area contributed by atoms with Crippen LogP contribution in [0, 0.1) is 0 Å². The second kappa shape index (κ2) is 13.2. The lowest BCUT2D eigenvalue weighted by atomic mass is 9.66. The Morgan fingerprint density at radius 3 is 1.63 bits per heavy atom. The lowest BCUT2D eigenvalue weighted by Crippen LogP contribution is -2.29. The van der Waals surface area contributed by atoms with Crippen LogP contribution in [0.3, 0.4) is 0 Å². The molecule has 0 saturated carbocycles. The molecule has 1 aliphatic carbocycles. The van der Waals surface area contributed by atoms with Gasteiger partial charge in [0.25, 0.3) is 0 Å². The van der Waals surface area contributed by atoms with Crippen LogP contribution >= 0.6 is 0 Å². The molecule has 0 N–H and O–H groups in total. The van der Waals surface area contributed by atoms with Crippen LogP contribution in [0.5, 0.6) is 0 Å². The van der Waals surface area contributed by atoms with Crippen molar-refractivity contribution >= 4 is 27.8 Å². The molecule has 1 heteroatoms. The number of para-hydroxylation sites is 1. The Hall–Kier alpha value is -6.96. The van der Waals surface area contributed by atoms with Crippen LogP contribution in [0.1, 0.15) is 22.3 Å². The molecule has 0 amide bonds. The van der Waals surface area contributed by atoms with E-state index in [-0.39, 0.29) is 0 Å². The highest BCUT2D eigenvalue weighted by atomic mass is 15.1. The quantitative estimate of drug-likeness (QED) is 0.161. The van der Waals surface area contributed by atoms with Gasteiger partial charge in [-0.3, -0.25) is 0 Å². The van der Waals surface area contributed by atoms with Crippen molar-refractivity contribution in [2.24, 2.45) is 0 Å². The molecular weight excluding hydrogens is 651 g/mol. The predicted octanol–water partition coefficient (Wildman–Crippen LogP) is 14.0. The monoisotopic (exact) mass is 687 g/mol. The highest BCUT2D eigenvalue weighted by Gasteiger charge is 2.47. The van der Waals surface area contributed by atoms with Crippen LogP contribution in [0.4, 0.5) is 17.1 Å². The summed E-state index contributed by atoms with van der Waals surface area (Å²) in [6, 6.07) is 82.0. The number of hydrogen-bond donors (Lipinski definition) is 0. The number of benzene rings is 9. The first-order valence-corrected chi connectivity index (χ1v) is 18.7. The van der Waals surface area contributed by atoms with Gasteiger partial charge in [-0.1, -0.05) is 194 Å². The van der Waals surface area contributed by atoms with Crippen molar-refractivity contribution in [1.29, 1.82) is 0 Å². The zero-order valence-corrected chi connectivity index (χ0v) is 29.8. The van der Waals surface area contributed by atoms with Crippen LogP contribution in [0.2, 0.25) is 0 Å². The largest absolute Gasteiger partial charge is 0.310 e. The van der Waals surface area contributed by atoms with Gasteiger partial charge >= 0.3 is 0 Å². The summed E-state index contributed by atoms with van der Waals surface area (Å²) in [6.07, 6.45) is 0. The molecule has 9 aromatic rings. The molecule has 0 bridgehead atoms. The van der Waals surface area contributed by atoms with Crippen molar-refractivity contribution in [2.45, 2.75) is 5.41 Å². The standard InChI is InChI=1S/C53H37N/c1-4-17-38(18-5-1)39-31-33-43(34-32-39)54(52-30-15-13-26-46(52)41-19-6-2-7-20-41)44-35-36-51-48(37-44)47-27-12-14-28-50(47)53(51,42-23-8-3-9-24-42)49-29-16-22-40-21-10-11-25-45(40)49/h1-37H. The van der Waals surface area contributed by atoms with Crippen molar-refractivity contribution in [3.8, 4) is 33.4 Å². The first kappa shape index (κ1) is 31.7. The van der Waals surface area contributed by atoms with E-state index in [4.69, 9.17) is 0 Å². The number of rotatable bonds is 7. The molecule has 0 spiro atoms. The van der Waals surface area contributed by atoms with Gasteiger partial charge in [-0.25, -0.2) is 0 Å². The maximum absolute atomic E-state index is 2.43. The molecule has 1 aliphatic rings. The zero-order valence-electron chi connectivity index (χ0n) is 29.8. The van der Waals surface area contributed by atoms with Crippen molar-refractivity contribution in [3.63, 3.8) is 0 Å². The highest BCUT2D eigenvalue weighted by Crippen LogP contribution is 2.58. The van der Waals surface area contributed by atoms with E-state index in [1.54, 1.807) is 0 Å². The van der Waals surface area contributed by atoms with Gasteiger partial charge in [0.05, 0.1) is 11.1 Å². The van der Waals surface area contributed by atoms with Gasteiger partial charge in [0, 0.05) is 16.9 Å². The normalized spacial score (nSPS) is 14.4. The zero-order chi connectivity index (χ0) is 35.9. The Morgan fingerprint density at radius 1 is 0.315 bits per heavy atom. The Kier molecular flexibility index (Phi) is 7.78. The second-order valence-electron chi connectivity index (χ2n) is 14.0. The fourth-order valence-corrected chi connectivity index (χ4v) is 8.80. The molecule has 1 atom stereocenters. The first-order chi connectivity index (χ1) is 26.8. The molecule has 9 aromatic carbocycles. The van der Waals surface area contributed by atoms with Crippen LogP contribution in [-0.4, -0.2) is 0 Å². The van der Waals surface area contributed by atoms with E-state index in [2.05, 4.69) is 229 Å². The summed E-state index contributed by atoms with van der Waals surface area (Å²) < 4.78 is 0. The third-order valence-electron chi connectivity index (χ3n) is 11.1. The third kappa shape index (κ3) is 5.09. The Morgan fingerprint density at radius 2 is 0.852 bits per heavy atom. The molecule has 0 saturated heterocycles. The van der Waals surface area contributed by atoms with Gasteiger partial charge in [-0.2, -0.15) is 0 Å². The van der Waals surface area contributed by atoms with Gasteiger partial charge in [0.1, 0.15) is 0 Å². The average Bonchev–Trinajstić information content (AvgIpc) is 3.55. The molecule has 10 rings (SSSR count). The van der Waals surface area contributed by atoms with Crippen LogP contribution < -0.4 is 4.90 Å². The van der Waals surface area contributed by atoms with Gasteiger partial charge < -0.3 is 4.90 Å². The van der Waals surface area contributed by atoms with Crippen molar-refractivity contribution in [3.05, 3.63) is 247 Å². The molecule has 1 nitrogen and oxygen atoms in total. The van der Waals surface area contributed by atoms with Crippen molar-refractivity contribution < 1.29 is 0 Å². The van der Waals surface area contributed by atoms with Crippen molar-refractivity contribution in [2.75, 3.05) is 4.90 Å². The van der Waals surface area contributed by atoms with Crippen LogP contribution in [-0.2, 0) is 5.41 Å². The molecule has 54 heavy (non-hydrogen) atoms. The maximum atomic E-state index is 2.43. The average molecular weight is 688 g/mol. The summed E-state index contributed by atoms with van der Waals surface area (Å²) in [5.74, 6) is 0. The van der Waals surface area contributed by atoms with Gasteiger partial charge in [0.15, 0.2) is 0 Å². The van der Waals surface area contributed by atoms with E-state index in [1.807, 2.05) is 0 Å². The fraction of sp³-hybridized carbons (Fsp3) is 0.0189. The fourth-order valence-electron chi connectivity index (χ4n) is 8.80. The summed E-state index contributed by atoms with van der Waals surface area (Å²) in [6.45, 7) is 0. The Labute approximate surface area is 317 Å². The minimum atomic E-state index is -0.503.